The highest BCUT2D eigenvalue weighted by Gasteiger charge is 2.48. The van der Waals surface area contributed by atoms with Crippen molar-refractivity contribution in [2.24, 2.45) is 0 Å². The average molecular weight is 130 g/mol. The molecule has 1 aliphatic heterocycles. The summed E-state index contributed by atoms with van der Waals surface area (Å²) in [6.07, 6.45) is 1.31. The molecule has 54 valence electrons. The van der Waals surface area contributed by atoms with Crippen LogP contribution in [0.25, 0.3) is 0 Å². The third kappa shape index (κ3) is 1.10. The second-order valence-corrected chi connectivity index (χ2v) is 2.58. The lowest BCUT2D eigenvalue weighted by atomic mass is 10.0. The number of rotatable bonds is 3. The van der Waals surface area contributed by atoms with E-state index in [4.69, 9.17) is 9.47 Å². The largest absolute Gasteiger partial charge is 0.379 e. The smallest absolute Gasteiger partial charge is 0.117 e. The lowest BCUT2D eigenvalue weighted by molar-refractivity contribution is 0.0417. The number of methoxy groups -OCH3 is 1. The highest BCUT2D eigenvalue weighted by atomic mass is 16.6. The molecule has 0 N–H and O–H groups in total. The van der Waals surface area contributed by atoms with Crippen LogP contribution in [0.5, 0.6) is 0 Å². The first-order valence-electron chi connectivity index (χ1n) is 3.42. The van der Waals surface area contributed by atoms with Crippen LogP contribution < -0.4 is 0 Å². The lowest BCUT2D eigenvalue weighted by Crippen LogP contribution is -2.27. The molecule has 1 rings (SSSR count). The Morgan fingerprint density at radius 1 is 1.78 bits per heavy atom. The molecule has 2 unspecified atom stereocenters. The summed E-state index contributed by atoms with van der Waals surface area (Å²) in [5.74, 6) is 0. The fourth-order valence-corrected chi connectivity index (χ4v) is 1.03. The Hall–Kier alpha value is -0.0800. The summed E-state index contributed by atoms with van der Waals surface area (Å²) in [4.78, 5) is 0. The van der Waals surface area contributed by atoms with Crippen LogP contribution in [0.2, 0.25) is 0 Å². The number of epoxide rings is 1. The third-order valence-electron chi connectivity index (χ3n) is 2.21. The molecule has 1 fully saturated rings. The van der Waals surface area contributed by atoms with Gasteiger partial charge in [-0.3, -0.25) is 0 Å². The minimum atomic E-state index is 0.0781. The maximum Gasteiger partial charge on any atom is 0.117 e. The van der Waals surface area contributed by atoms with Gasteiger partial charge in [-0.25, -0.2) is 0 Å². The molecule has 1 heterocycles. The molecule has 0 saturated carbocycles. The van der Waals surface area contributed by atoms with Crippen molar-refractivity contribution in [1.82, 2.24) is 0 Å². The van der Waals surface area contributed by atoms with Gasteiger partial charge in [0.1, 0.15) is 5.60 Å². The van der Waals surface area contributed by atoms with Crippen LogP contribution in [0.1, 0.15) is 20.3 Å². The van der Waals surface area contributed by atoms with E-state index in [2.05, 4.69) is 13.8 Å². The van der Waals surface area contributed by atoms with E-state index in [9.17, 15) is 0 Å². The minimum absolute atomic E-state index is 0.0781. The molecule has 0 aliphatic carbocycles. The van der Waals surface area contributed by atoms with E-state index in [1.807, 2.05) is 0 Å². The van der Waals surface area contributed by atoms with Gasteiger partial charge in [0.25, 0.3) is 0 Å². The van der Waals surface area contributed by atoms with Gasteiger partial charge in [0.2, 0.25) is 0 Å². The normalized spacial score (nSPS) is 36.3. The molecule has 0 aromatic rings. The fraction of sp³-hybridized carbons (Fsp3) is 1.00. The lowest BCUT2D eigenvalue weighted by Gasteiger charge is -2.15. The molecule has 1 aliphatic rings. The van der Waals surface area contributed by atoms with E-state index in [0.717, 1.165) is 13.0 Å². The first kappa shape index (κ1) is 7.03. The van der Waals surface area contributed by atoms with Crippen LogP contribution >= 0.6 is 0 Å². The van der Waals surface area contributed by atoms with Gasteiger partial charge in [0.15, 0.2) is 0 Å². The Morgan fingerprint density at radius 3 is 2.44 bits per heavy atom. The summed E-state index contributed by atoms with van der Waals surface area (Å²) >= 11 is 0. The van der Waals surface area contributed by atoms with Gasteiger partial charge in [0, 0.05) is 7.11 Å². The Morgan fingerprint density at radius 2 is 2.33 bits per heavy atom. The highest BCUT2D eigenvalue weighted by molar-refractivity contribution is 4.96. The fourth-order valence-electron chi connectivity index (χ4n) is 1.03. The molecule has 9 heavy (non-hydrogen) atoms. The zero-order valence-corrected chi connectivity index (χ0v) is 6.31. The summed E-state index contributed by atoms with van der Waals surface area (Å²) < 4.78 is 10.4. The van der Waals surface area contributed by atoms with Crippen molar-refractivity contribution in [3.8, 4) is 0 Å². The van der Waals surface area contributed by atoms with E-state index in [1.54, 1.807) is 7.11 Å². The molecule has 2 atom stereocenters. The van der Waals surface area contributed by atoms with Crippen LogP contribution in [0.15, 0.2) is 0 Å². The first-order chi connectivity index (χ1) is 4.25. The Balaban J connectivity index is 2.39. The number of hydrogen-bond acceptors (Lipinski definition) is 2. The van der Waals surface area contributed by atoms with Crippen LogP contribution in [-0.4, -0.2) is 25.4 Å². The van der Waals surface area contributed by atoms with Crippen LogP contribution in [0.3, 0.4) is 0 Å². The molecule has 0 bridgehead atoms. The Kier molecular flexibility index (Phi) is 1.78. The van der Waals surface area contributed by atoms with Crippen molar-refractivity contribution in [2.45, 2.75) is 32.0 Å². The van der Waals surface area contributed by atoms with Crippen LogP contribution in [0, 0.1) is 0 Å². The molecule has 0 spiro atoms. The SMILES string of the molecule is CCC1(C(C)OC)CO1. The van der Waals surface area contributed by atoms with E-state index >= 15 is 0 Å². The monoisotopic (exact) mass is 130 g/mol. The van der Waals surface area contributed by atoms with Crippen LogP contribution in [0.4, 0.5) is 0 Å². The second kappa shape index (κ2) is 2.27. The topological polar surface area (TPSA) is 21.8 Å². The molecule has 2 heteroatoms. The van der Waals surface area contributed by atoms with Crippen molar-refractivity contribution < 1.29 is 9.47 Å². The summed E-state index contributed by atoms with van der Waals surface area (Å²) in [5, 5.41) is 0. The van der Waals surface area contributed by atoms with Gasteiger partial charge in [-0.05, 0) is 13.3 Å². The van der Waals surface area contributed by atoms with Gasteiger partial charge in [-0.2, -0.15) is 0 Å². The standard InChI is InChI=1S/C7H14O2/c1-4-7(5-9-7)6(2)8-3/h6H,4-5H2,1-3H3. The minimum Gasteiger partial charge on any atom is -0.379 e. The first-order valence-corrected chi connectivity index (χ1v) is 3.42. The second-order valence-electron chi connectivity index (χ2n) is 2.58. The van der Waals surface area contributed by atoms with Crippen molar-refractivity contribution in [3.63, 3.8) is 0 Å². The quantitative estimate of drug-likeness (QED) is 0.535. The van der Waals surface area contributed by atoms with Crippen LogP contribution in [-0.2, 0) is 9.47 Å². The maximum absolute atomic E-state index is 5.27. The van der Waals surface area contributed by atoms with Gasteiger partial charge < -0.3 is 9.47 Å². The summed E-state index contributed by atoms with van der Waals surface area (Å²) in [7, 11) is 1.73. The van der Waals surface area contributed by atoms with E-state index in [1.165, 1.54) is 0 Å². The zero-order valence-electron chi connectivity index (χ0n) is 6.31. The van der Waals surface area contributed by atoms with Crippen molar-refractivity contribution in [2.75, 3.05) is 13.7 Å². The van der Waals surface area contributed by atoms with Gasteiger partial charge in [-0.15, -0.1) is 0 Å². The highest BCUT2D eigenvalue weighted by Crippen LogP contribution is 2.35. The predicted octanol–water partition coefficient (Wildman–Crippen LogP) is 1.20. The van der Waals surface area contributed by atoms with Gasteiger partial charge in [0.05, 0.1) is 12.7 Å². The summed E-state index contributed by atoms with van der Waals surface area (Å²) in [6.45, 7) is 5.05. The number of ether oxygens (including phenoxy) is 2. The Bertz CT molecular complexity index is 97.1. The van der Waals surface area contributed by atoms with Crippen molar-refractivity contribution in [1.29, 1.82) is 0 Å². The van der Waals surface area contributed by atoms with Gasteiger partial charge >= 0.3 is 0 Å². The number of hydrogen-bond donors (Lipinski definition) is 0. The zero-order chi connectivity index (χ0) is 6.91. The summed E-state index contributed by atoms with van der Waals surface area (Å²) in [5.41, 5.74) is 0.0781. The van der Waals surface area contributed by atoms with E-state index < -0.39 is 0 Å². The Labute approximate surface area is 56.2 Å². The third-order valence-corrected chi connectivity index (χ3v) is 2.21. The molecule has 0 amide bonds. The molecule has 0 aromatic heterocycles. The van der Waals surface area contributed by atoms with Crippen molar-refractivity contribution in [3.05, 3.63) is 0 Å². The molecule has 1 saturated heterocycles. The van der Waals surface area contributed by atoms with E-state index in [-0.39, 0.29) is 11.7 Å². The molecule has 0 aromatic carbocycles. The summed E-state index contributed by atoms with van der Waals surface area (Å²) in [6, 6.07) is 0. The van der Waals surface area contributed by atoms with Crippen molar-refractivity contribution >= 4 is 0 Å². The maximum atomic E-state index is 5.27. The predicted molar refractivity (Wildman–Crippen MR) is 35.4 cm³/mol. The van der Waals surface area contributed by atoms with Gasteiger partial charge in [-0.1, -0.05) is 6.92 Å². The average Bonchev–Trinajstić information content (AvgIpc) is 2.66. The molecular formula is C7H14O2. The molecule has 2 nitrogen and oxygen atoms in total. The molecule has 0 radical (unpaired) electrons. The molecular weight excluding hydrogens is 116 g/mol. The van der Waals surface area contributed by atoms with E-state index in [0.29, 0.717) is 0 Å².